The first-order valence-corrected chi connectivity index (χ1v) is 8.03. The maximum absolute atomic E-state index is 12.1. The minimum absolute atomic E-state index is 0.0647. The summed E-state index contributed by atoms with van der Waals surface area (Å²) in [5, 5.41) is 2.10. The Bertz CT molecular complexity index is 658. The molecule has 5 heteroatoms. The molecule has 0 aliphatic carbocycles. The summed E-state index contributed by atoms with van der Waals surface area (Å²) in [5.74, 6) is -0.0647. The number of fused-ring (bicyclic) bond motifs is 1. The normalized spacial score (nSPS) is 11.7. The molecule has 2 rings (SSSR count). The van der Waals surface area contributed by atoms with Crippen LogP contribution < -0.4 is 0 Å². The summed E-state index contributed by atoms with van der Waals surface area (Å²) in [6, 6.07) is 13.4. The van der Waals surface area contributed by atoms with Gasteiger partial charge in [-0.25, -0.2) is 0 Å². The number of hydrogen-bond acceptors (Lipinski definition) is 4. The van der Waals surface area contributed by atoms with Crippen LogP contribution in [0.2, 0.25) is 0 Å². The van der Waals surface area contributed by atoms with Crippen molar-refractivity contribution in [1.29, 1.82) is 0 Å². The zero-order chi connectivity index (χ0) is 14.6. The Morgan fingerprint density at radius 2 is 1.70 bits per heavy atom. The fourth-order valence-electron chi connectivity index (χ4n) is 2.00. The SMILES string of the molecule is COP(=O)(CCC(=O)c1ccc2ccccc2c1)OC. The standard InChI is InChI=1S/C15H17O4P/c1-18-20(17,19-2)10-9-15(16)14-8-7-12-5-3-4-6-13(12)11-14/h3-8,11H,9-10H2,1-2H3. The molecule has 20 heavy (non-hydrogen) atoms. The van der Waals surface area contributed by atoms with E-state index in [4.69, 9.17) is 9.05 Å². The van der Waals surface area contributed by atoms with Crippen molar-refractivity contribution in [2.75, 3.05) is 20.4 Å². The van der Waals surface area contributed by atoms with Crippen molar-refractivity contribution in [3.8, 4) is 0 Å². The third-order valence-electron chi connectivity index (χ3n) is 3.24. The van der Waals surface area contributed by atoms with Gasteiger partial charge < -0.3 is 9.05 Å². The van der Waals surface area contributed by atoms with Crippen molar-refractivity contribution in [2.24, 2.45) is 0 Å². The molecule has 0 fully saturated rings. The summed E-state index contributed by atoms with van der Waals surface area (Å²) in [4.78, 5) is 12.1. The summed E-state index contributed by atoms with van der Waals surface area (Å²) in [5.41, 5.74) is 0.613. The summed E-state index contributed by atoms with van der Waals surface area (Å²) in [6.07, 6.45) is 0.225. The maximum atomic E-state index is 12.1. The second kappa shape index (κ2) is 6.31. The monoisotopic (exact) mass is 292 g/mol. The fourth-order valence-corrected chi connectivity index (χ4v) is 2.99. The Balaban J connectivity index is 2.13. The Morgan fingerprint density at radius 3 is 2.35 bits per heavy atom. The van der Waals surface area contributed by atoms with Gasteiger partial charge in [-0.05, 0) is 16.8 Å². The third-order valence-corrected chi connectivity index (χ3v) is 5.12. The average Bonchev–Trinajstić information content (AvgIpc) is 2.51. The molecule has 0 aromatic heterocycles. The second-order valence-electron chi connectivity index (χ2n) is 4.43. The predicted molar refractivity (Wildman–Crippen MR) is 79.4 cm³/mol. The first kappa shape index (κ1) is 14.9. The number of ketones is 1. The van der Waals surface area contributed by atoms with Crippen LogP contribution in [0, 0.1) is 0 Å². The molecule has 0 aliphatic heterocycles. The van der Waals surface area contributed by atoms with Crippen molar-refractivity contribution in [3.63, 3.8) is 0 Å². The Morgan fingerprint density at radius 1 is 1.05 bits per heavy atom. The van der Waals surface area contributed by atoms with Crippen molar-refractivity contribution in [2.45, 2.75) is 6.42 Å². The molecule has 0 spiro atoms. The van der Waals surface area contributed by atoms with Gasteiger partial charge in [0.2, 0.25) is 0 Å². The highest BCUT2D eigenvalue weighted by molar-refractivity contribution is 7.53. The zero-order valence-corrected chi connectivity index (χ0v) is 12.4. The molecular weight excluding hydrogens is 275 g/mol. The summed E-state index contributed by atoms with van der Waals surface area (Å²) >= 11 is 0. The Hall–Kier alpha value is -1.48. The molecule has 0 amide bonds. The van der Waals surface area contributed by atoms with Gasteiger partial charge >= 0.3 is 7.60 Å². The topological polar surface area (TPSA) is 52.6 Å². The summed E-state index contributed by atoms with van der Waals surface area (Å²) < 4.78 is 21.6. The molecule has 2 aromatic rings. The molecule has 2 aromatic carbocycles. The van der Waals surface area contributed by atoms with Crippen molar-refractivity contribution in [1.82, 2.24) is 0 Å². The predicted octanol–water partition coefficient (Wildman–Crippen LogP) is 3.90. The van der Waals surface area contributed by atoms with Gasteiger partial charge in [0, 0.05) is 26.2 Å². The first-order chi connectivity index (χ1) is 9.58. The molecular formula is C15H17O4P. The van der Waals surface area contributed by atoms with Gasteiger partial charge in [0.05, 0.1) is 6.16 Å². The zero-order valence-electron chi connectivity index (χ0n) is 11.5. The van der Waals surface area contributed by atoms with Gasteiger partial charge in [-0.2, -0.15) is 0 Å². The van der Waals surface area contributed by atoms with Crippen LogP contribution in [-0.2, 0) is 13.6 Å². The number of carbonyl (C=O) groups is 1. The number of rotatable bonds is 6. The van der Waals surface area contributed by atoms with Crippen LogP contribution in [0.3, 0.4) is 0 Å². The lowest BCUT2D eigenvalue weighted by Crippen LogP contribution is -2.04. The van der Waals surface area contributed by atoms with E-state index in [0.717, 1.165) is 10.8 Å². The van der Waals surface area contributed by atoms with Crippen LogP contribution in [0.1, 0.15) is 16.8 Å². The minimum Gasteiger partial charge on any atom is -0.312 e. The minimum atomic E-state index is -3.12. The van der Waals surface area contributed by atoms with Crippen LogP contribution in [0.4, 0.5) is 0 Å². The van der Waals surface area contributed by atoms with Crippen LogP contribution in [0.15, 0.2) is 42.5 Å². The fraction of sp³-hybridized carbons (Fsp3) is 0.267. The number of benzene rings is 2. The van der Waals surface area contributed by atoms with E-state index in [1.54, 1.807) is 6.07 Å². The number of carbonyl (C=O) groups excluding carboxylic acids is 1. The molecule has 0 saturated carbocycles. The molecule has 0 N–H and O–H groups in total. The first-order valence-electron chi connectivity index (χ1n) is 6.30. The van der Waals surface area contributed by atoms with E-state index in [2.05, 4.69) is 0 Å². The molecule has 0 aliphatic rings. The van der Waals surface area contributed by atoms with Crippen molar-refractivity contribution < 1.29 is 18.4 Å². The Kier molecular flexibility index (Phi) is 4.71. The van der Waals surface area contributed by atoms with Crippen LogP contribution >= 0.6 is 7.60 Å². The molecule has 0 heterocycles. The molecule has 0 unspecified atom stereocenters. The summed E-state index contributed by atoms with van der Waals surface area (Å²) in [6.45, 7) is 0. The van der Waals surface area contributed by atoms with Crippen LogP contribution in [-0.4, -0.2) is 26.2 Å². The van der Waals surface area contributed by atoms with E-state index >= 15 is 0 Å². The molecule has 0 radical (unpaired) electrons. The molecule has 0 bridgehead atoms. The summed E-state index contributed by atoms with van der Waals surface area (Å²) in [7, 11) is -0.476. The van der Waals surface area contributed by atoms with E-state index in [1.165, 1.54) is 14.2 Å². The van der Waals surface area contributed by atoms with E-state index in [9.17, 15) is 9.36 Å². The van der Waals surface area contributed by atoms with Crippen LogP contribution in [0.25, 0.3) is 10.8 Å². The molecule has 106 valence electrons. The van der Waals surface area contributed by atoms with E-state index in [-0.39, 0.29) is 18.4 Å². The second-order valence-corrected chi connectivity index (χ2v) is 6.83. The highest BCUT2D eigenvalue weighted by Crippen LogP contribution is 2.46. The average molecular weight is 292 g/mol. The smallest absolute Gasteiger partial charge is 0.312 e. The molecule has 4 nitrogen and oxygen atoms in total. The van der Waals surface area contributed by atoms with Gasteiger partial charge in [-0.1, -0.05) is 36.4 Å². The lowest BCUT2D eigenvalue weighted by Gasteiger charge is -2.12. The lowest BCUT2D eigenvalue weighted by molar-refractivity contribution is 0.0986. The van der Waals surface area contributed by atoms with E-state index < -0.39 is 7.60 Å². The van der Waals surface area contributed by atoms with Gasteiger partial charge in [-0.15, -0.1) is 0 Å². The largest absolute Gasteiger partial charge is 0.330 e. The quantitative estimate of drug-likeness (QED) is 0.598. The third kappa shape index (κ3) is 3.34. The molecule has 0 saturated heterocycles. The van der Waals surface area contributed by atoms with Crippen LogP contribution in [0.5, 0.6) is 0 Å². The van der Waals surface area contributed by atoms with Gasteiger partial charge in [0.1, 0.15) is 0 Å². The van der Waals surface area contributed by atoms with Gasteiger partial charge in [-0.3, -0.25) is 9.36 Å². The van der Waals surface area contributed by atoms with Gasteiger partial charge in [0.15, 0.2) is 5.78 Å². The van der Waals surface area contributed by atoms with E-state index in [0.29, 0.717) is 5.56 Å². The number of hydrogen-bond donors (Lipinski definition) is 0. The Labute approximate surface area is 118 Å². The lowest BCUT2D eigenvalue weighted by atomic mass is 10.0. The maximum Gasteiger partial charge on any atom is 0.330 e. The highest BCUT2D eigenvalue weighted by atomic mass is 31.2. The van der Waals surface area contributed by atoms with E-state index in [1.807, 2.05) is 36.4 Å². The highest BCUT2D eigenvalue weighted by Gasteiger charge is 2.22. The molecule has 0 atom stereocenters. The number of Topliss-reactive ketones (excluding diaryl/α,β-unsaturated/α-hetero) is 1. The van der Waals surface area contributed by atoms with Crippen molar-refractivity contribution in [3.05, 3.63) is 48.0 Å². The van der Waals surface area contributed by atoms with Crippen molar-refractivity contribution >= 4 is 24.2 Å². The van der Waals surface area contributed by atoms with Gasteiger partial charge in [0.25, 0.3) is 0 Å².